The summed E-state index contributed by atoms with van der Waals surface area (Å²) in [5.74, 6) is 0.00354. The molecule has 0 spiro atoms. The predicted molar refractivity (Wildman–Crippen MR) is 85.0 cm³/mol. The number of halogens is 1. The molecule has 1 aromatic carbocycles. The van der Waals surface area contributed by atoms with E-state index in [-0.39, 0.29) is 31.4 Å². The van der Waals surface area contributed by atoms with Gasteiger partial charge in [-0.2, -0.15) is 0 Å². The molecule has 0 unspecified atom stereocenters. The van der Waals surface area contributed by atoms with Gasteiger partial charge >= 0.3 is 5.97 Å². The number of carbonyl (C=O) groups excluding carboxylic acids is 2. The van der Waals surface area contributed by atoms with Crippen LogP contribution in [0.25, 0.3) is 0 Å². The fourth-order valence-corrected chi connectivity index (χ4v) is 1.83. The molecule has 0 N–H and O–H groups in total. The maximum absolute atomic E-state index is 12.1. The molecule has 6 heteroatoms. The van der Waals surface area contributed by atoms with Crippen molar-refractivity contribution in [1.82, 2.24) is 4.90 Å². The van der Waals surface area contributed by atoms with Crippen molar-refractivity contribution >= 4 is 23.5 Å². The number of esters is 1. The molecule has 1 aromatic rings. The van der Waals surface area contributed by atoms with E-state index < -0.39 is 0 Å². The van der Waals surface area contributed by atoms with Gasteiger partial charge in [-0.05, 0) is 31.2 Å². The Morgan fingerprint density at radius 2 is 2.00 bits per heavy atom. The van der Waals surface area contributed by atoms with Crippen LogP contribution < -0.4 is 4.74 Å². The van der Waals surface area contributed by atoms with E-state index in [2.05, 4.69) is 6.58 Å². The summed E-state index contributed by atoms with van der Waals surface area (Å²) in [5.41, 5.74) is 0. The maximum atomic E-state index is 12.1. The van der Waals surface area contributed by atoms with Crippen LogP contribution in [-0.2, 0) is 14.3 Å². The molecular weight excluding hydrogens is 306 g/mol. The average molecular weight is 326 g/mol. The van der Waals surface area contributed by atoms with E-state index >= 15 is 0 Å². The molecule has 0 saturated heterocycles. The molecule has 1 amide bonds. The van der Waals surface area contributed by atoms with Crippen LogP contribution in [0.3, 0.4) is 0 Å². The Morgan fingerprint density at radius 3 is 2.59 bits per heavy atom. The number of rotatable bonds is 9. The highest BCUT2D eigenvalue weighted by atomic mass is 35.5. The molecular formula is C16H20ClNO4. The quantitative estimate of drug-likeness (QED) is 0.517. The van der Waals surface area contributed by atoms with Gasteiger partial charge in [0.05, 0.1) is 13.0 Å². The highest BCUT2D eigenvalue weighted by molar-refractivity contribution is 6.30. The second-order valence-electron chi connectivity index (χ2n) is 4.43. The molecule has 0 aliphatic carbocycles. The molecule has 1 rings (SSSR count). The van der Waals surface area contributed by atoms with Gasteiger partial charge < -0.3 is 14.4 Å². The van der Waals surface area contributed by atoms with Crippen molar-refractivity contribution in [2.24, 2.45) is 0 Å². The lowest BCUT2D eigenvalue weighted by Crippen LogP contribution is -2.36. The normalized spacial score (nSPS) is 9.91. The minimum Gasteiger partial charge on any atom is -0.484 e. The Bertz CT molecular complexity index is 501. The minimum absolute atomic E-state index is 0.113. The summed E-state index contributed by atoms with van der Waals surface area (Å²) in [6.45, 7) is 6.18. The van der Waals surface area contributed by atoms with Crippen LogP contribution in [0.4, 0.5) is 0 Å². The first kappa shape index (κ1) is 18.0. The average Bonchev–Trinajstić information content (AvgIpc) is 2.51. The molecule has 0 heterocycles. The monoisotopic (exact) mass is 325 g/mol. The van der Waals surface area contributed by atoms with Crippen LogP contribution in [0.2, 0.25) is 5.02 Å². The van der Waals surface area contributed by atoms with Gasteiger partial charge in [-0.15, -0.1) is 6.58 Å². The number of hydrogen-bond acceptors (Lipinski definition) is 4. The third kappa shape index (κ3) is 6.63. The summed E-state index contributed by atoms with van der Waals surface area (Å²) in [6.07, 6.45) is 1.75. The highest BCUT2D eigenvalue weighted by Gasteiger charge is 2.15. The standard InChI is InChI=1S/C16H20ClNO4/c1-3-10-18(11-9-16(20)21-4-2)15(19)12-22-14-7-5-13(17)6-8-14/h3,5-8H,1,4,9-12H2,2H3. The Labute approximate surface area is 135 Å². The summed E-state index contributed by atoms with van der Waals surface area (Å²) in [4.78, 5) is 25.0. The van der Waals surface area contributed by atoms with E-state index in [9.17, 15) is 9.59 Å². The predicted octanol–water partition coefficient (Wildman–Crippen LogP) is 2.69. The van der Waals surface area contributed by atoms with Crippen LogP contribution in [0, 0.1) is 0 Å². The molecule has 0 aliphatic rings. The second-order valence-corrected chi connectivity index (χ2v) is 4.86. The topological polar surface area (TPSA) is 55.8 Å². The smallest absolute Gasteiger partial charge is 0.307 e. The summed E-state index contributed by atoms with van der Waals surface area (Å²) >= 11 is 5.78. The van der Waals surface area contributed by atoms with Crippen LogP contribution in [-0.4, -0.2) is 43.1 Å². The zero-order chi connectivity index (χ0) is 16.4. The largest absolute Gasteiger partial charge is 0.484 e. The van der Waals surface area contributed by atoms with Crippen molar-refractivity contribution in [2.45, 2.75) is 13.3 Å². The molecule has 0 aromatic heterocycles. The van der Waals surface area contributed by atoms with E-state index in [1.807, 2.05) is 0 Å². The Hall–Kier alpha value is -2.01. The first-order valence-corrected chi connectivity index (χ1v) is 7.37. The first-order chi connectivity index (χ1) is 10.6. The minimum atomic E-state index is -0.331. The maximum Gasteiger partial charge on any atom is 0.307 e. The molecule has 0 aliphatic heterocycles. The van der Waals surface area contributed by atoms with Crippen LogP contribution in [0.1, 0.15) is 13.3 Å². The number of amides is 1. The Kier molecular flexibility index (Phi) is 8.07. The third-order valence-corrected chi connectivity index (χ3v) is 3.02. The molecule has 0 atom stereocenters. The van der Waals surface area contributed by atoms with Gasteiger partial charge in [-0.1, -0.05) is 17.7 Å². The molecule has 0 bridgehead atoms. The number of hydrogen-bond donors (Lipinski definition) is 0. The number of ether oxygens (including phenoxy) is 2. The fraction of sp³-hybridized carbons (Fsp3) is 0.375. The summed E-state index contributed by atoms with van der Waals surface area (Å²) < 4.78 is 10.2. The van der Waals surface area contributed by atoms with E-state index in [1.54, 1.807) is 37.3 Å². The van der Waals surface area contributed by atoms with Crippen LogP contribution in [0.15, 0.2) is 36.9 Å². The molecule has 22 heavy (non-hydrogen) atoms. The van der Waals surface area contributed by atoms with Crippen molar-refractivity contribution in [3.63, 3.8) is 0 Å². The molecule has 0 radical (unpaired) electrons. The van der Waals surface area contributed by atoms with Crippen molar-refractivity contribution in [3.05, 3.63) is 41.9 Å². The fourth-order valence-electron chi connectivity index (χ4n) is 1.70. The summed E-state index contributed by atoms with van der Waals surface area (Å²) in [7, 11) is 0. The summed E-state index contributed by atoms with van der Waals surface area (Å²) in [5, 5.41) is 0.599. The van der Waals surface area contributed by atoms with Crippen molar-refractivity contribution in [3.8, 4) is 5.75 Å². The lowest BCUT2D eigenvalue weighted by Gasteiger charge is -2.20. The van der Waals surface area contributed by atoms with Gasteiger partial charge in [0.1, 0.15) is 5.75 Å². The number of carbonyl (C=O) groups is 2. The highest BCUT2D eigenvalue weighted by Crippen LogP contribution is 2.15. The zero-order valence-electron chi connectivity index (χ0n) is 12.6. The van der Waals surface area contributed by atoms with Gasteiger partial charge in [0, 0.05) is 18.1 Å². The lowest BCUT2D eigenvalue weighted by molar-refractivity contribution is -0.144. The molecule has 5 nitrogen and oxygen atoms in total. The van der Waals surface area contributed by atoms with E-state index in [0.29, 0.717) is 23.9 Å². The van der Waals surface area contributed by atoms with E-state index in [4.69, 9.17) is 21.1 Å². The first-order valence-electron chi connectivity index (χ1n) is 6.99. The lowest BCUT2D eigenvalue weighted by atomic mass is 10.3. The van der Waals surface area contributed by atoms with Gasteiger partial charge in [-0.3, -0.25) is 9.59 Å². The summed E-state index contributed by atoms with van der Waals surface area (Å²) in [6, 6.07) is 6.74. The van der Waals surface area contributed by atoms with Crippen molar-refractivity contribution < 1.29 is 19.1 Å². The van der Waals surface area contributed by atoms with E-state index in [0.717, 1.165) is 0 Å². The van der Waals surface area contributed by atoms with Gasteiger partial charge in [0.25, 0.3) is 5.91 Å². The van der Waals surface area contributed by atoms with Gasteiger partial charge in [0.2, 0.25) is 0 Å². The Morgan fingerprint density at radius 1 is 1.32 bits per heavy atom. The van der Waals surface area contributed by atoms with Gasteiger partial charge in [0.15, 0.2) is 6.61 Å². The van der Waals surface area contributed by atoms with E-state index in [1.165, 1.54) is 4.90 Å². The van der Waals surface area contributed by atoms with Gasteiger partial charge in [-0.25, -0.2) is 0 Å². The SMILES string of the molecule is C=CCN(CCC(=O)OCC)C(=O)COc1ccc(Cl)cc1. The van der Waals surface area contributed by atoms with Crippen molar-refractivity contribution in [2.75, 3.05) is 26.3 Å². The molecule has 120 valence electrons. The second kappa shape index (κ2) is 9.84. The number of benzene rings is 1. The third-order valence-electron chi connectivity index (χ3n) is 2.77. The number of nitrogens with zero attached hydrogens (tertiary/aromatic N) is 1. The Balaban J connectivity index is 2.48. The van der Waals surface area contributed by atoms with Crippen molar-refractivity contribution in [1.29, 1.82) is 0 Å². The molecule has 0 saturated carbocycles. The molecule has 0 fully saturated rings. The van der Waals surface area contributed by atoms with Crippen LogP contribution >= 0.6 is 11.6 Å². The zero-order valence-corrected chi connectivity index (χ0v) is 13.3. The van der Waals surface area contributed by atoms with Crippen LogP contribution in [0.5, 0.6) is 5.75 Å².